The van der Waals surface area contributed by atoms with Crippen molar-refractivity contribution in [2.24, 2.45) is 0 Å². The van der Waals surface area contributed by atoms with Gasteiger partial charge in [0.2, 0.25) is 5.91 Å². The number of halogens is 1. The summed E-state index contributed by atoms with van der Waals surface area (Å²) in [6.07, 6.45) is 0. The average Bonchev–Trinajstić information content (AvgIpc) is 2.23. The van der Waals surface area contributed by atoms with E-state index in [0.717, 1.165) is 22.4 Å². The van der Waals surface area contributed by atoms with E-state index in [1.54, 1.807) is 6.92 Å². The summed E-state index contributed by atoms with van der Waals surface area (Å²) in [7, 11) is 0. The van der Waals surface area contributed by atoms with Gasteiger partial charge in [-0.15, -0.1) is 11.6 Å². The third-order valence-electron chi connectivity index (χ3n) is 2.68. The monoisotopic (exact) mass is 240 g/mol. The summed E-state index contributed by atoms with van der Waals surface area (Å²) in [5.74, 6) is -0.164. The highest BCUT2D eigenvalue weighted by molar-refractivity contribution is 6.30. The van der Waals surface area contributed by atoms with Gasteiger partial charge in [-0.05, 0) is 43.5 Å². The van der Waals surface area contributed by atoms with Crippen molar-refractivity contribution in [1.29, 1.82) is 0 Å². The number of rotatable bonds is 3. The van der Waals surface area contributed by atoms with Crippen LogP contribution >= 0.6 is 11.6 Å². The number of alkyl halides is 1. The van der Waals surface area contributed by atoms with E-state index in [0.29, 0.717) is 6.54 Å². The lowest BCUT2D eigenvalue weighted by Gasteiger charge is -2.13. The van der Waals surface area contributed by atoms with Crippen LogP contribution in [0.25, 0.3) is 0 Å². The summed E-state index contributed by atoms with van der Waals surface area (Å²) in [5.41, 5.74) is 9.76. The van der Waals surface area contributed by atoms with E-state index >= 15 is 0 Å². The van der Waals surface area contributed by atoms with Gasteiger partial charge in [-0.1, -0.05) is 6.07 Å². The smallest absolute Gasteiger partial charge is 0.238 e. The van der Waals surface area contributed by atoms with Crippen molar-refractivity contribution < 1.29 is 4.79 Å². The largest absolute Gasteiger partial charge is 0.399 e. The summed E-state index contributed by atoms with van der Waals surface area (Å²) < 4.78 is 0. The van der Waals surface area contributed by atoms with Crippen LogP contribution in [0.3, 0.4) is 0 Å². The molecule has 0 aliphatic carbocycles. The molecule has 3 N–H and O–H groups in total. The molecule has 1 aromatic rings. The standard InChI is InChI=1S/C12H17ClN2O/c1-7-4-5-11(14)8(2)10(7)6-15-12(16)9(3)13/h4-5,9H,6,14H2,1-3H3,(H,15,16). The molecule has 0 radical (unpaired) electrons. The number of anilines is 1. The quantitative estimate of drug-likeness (QED) is 0.628. The summed E-state index contributed by atoms with van der Waals surface area (Å²) in [4.78, 5) is 11.3. The molecule has 0 aliphatic heterocycles. The maximum absolute atomic E-state index is 11.3. The zero-order chi connectivity index (χ0) is 12.3. The van der Waals surface area contributed by atoms with Gasteiger partial charge in [0.25, 0.3) is 0 Å². The minimum atomic E-state index is -0.512. The lowest BCUT2D eigenvalue weighted by molar-refractivity contribution is -0.120. The molecule has 16 heavy (non-hydrogen) atoms. The van der Waals surface area contributed by atoms with E-state index in [-0.39, 0.29) is 5.91 Å². The molecule has 88 valence electrons. The van der Waals surface area contributed by atoms with Gasteiger partial charge in [-0.25, -0.2) is 0 Å². The topological polar surface area (TPSA) is 55.1 Å². The van der Waals surface area contributed by atoms with Gasteiger partial charge in [0.1, 0.15) is 5.38 Å². The highest BCUT2D eigenvalue weighted by Gasteiger charge is 2.10. The Labute approximate surface area is 101 Å². The lowest BCUT2D eigenvalue weighted by Crippen LogP contribution is -2.29. The fourth-order valence-electron chi connectivity index (χ4n) is 1.50. The van der Waals surface area contributed by atoms with Gasteiger partial charge in [0, 0.05) is 12.2 Å². The zero-order valence-corrected chi connectivity index (χ0v) is 10.6. The van der Waals surface area contributed by atoms with Crippen molar-refractivity contribution in [3.05, 3.63) is 28.8 Å². The Balaban J connectivity index is 2.82. The lowest BCUT2D eigenvalue weighted by atomic mass is 10.0. The molecule has 0 bridgehead atoms. The molecule has 0 fully saturated rings. The molecule has 1 unspecified atom stereocenters. The zero-order valence-electron chi connectivity index (χ0n) is 9.80. The van der Waals surface area contributed by atoms with E-state index in [4.69, 9.17) is 17.3 Å². The van der Waals surface area contributed by atoms with Crippen LogP contribution in [0.4, 0.5) is 5.69 Å². The molecule has 3 nitrogen and oxygen atoms in total. The number of carbonyl (C=O) groups is 1. The third-order valence-corrected chi connectivity index (χ3v) is 2.87. The number of nitrogen functional groups attached to an aromatic ring is 1. The molecule has 0 aliphatic rings. The number of hydrogen-bond donors (Lipinski definition) is 2. The number of aryl methyl sites for hydroxylation is 1. The van der Waals surface area contributed by atoms with Crippen LogP contribution in [0.1, 0.15) is 23.6 Å². The van der Waals surface area contributed by atoms with E-state index < -0.39 is 5.38 Å². The normalized spacial score (nSPS) is 12.2. The van der Waals surface area contributed by atoms with E-state index in [1.165, 1.54) is 0 Å². The summed E-state index contributed by atoms with van der Waals surface area (Å²) in [6, 6.07) is 3.83. The van der Waals surface area contributed by atoms with Crippen LogP contribution in [0.5, 0.6) is 0 Å². The summed E-state index contributed by atoms with van der Waals surface area (Å²) in [6.45, 7) is 6.07. The average molecular weight is 241 g/mol. The highest BCUT2D eigenvalue weighted by atomic mass is 35.5. The second-order valence-corrected chi connectivity index (χ2v) is 4.56. The van der Waals surface area contributed by atoms with E-state index in [9.17, 15) is 4.79 Å². The molecule has 0 aromatic heterocycles. The Morgan fingerprint density at radius 1 is 1.50 bits per heavy atom. The van der Waals surface area contributed by atoms with Gasteiger partial charge in [-0.2, -0.15) is 0 Å². The van der Waals surface area contributed by atoms with Crippen molar-refractivity contribution >= 4 is 23.2 Å². The van der Waals surface area contributed by atoms with Crippen molar-refractivity contribution in [3.63, 3.8) is 0 Å². The number of hydrogen-bond acceptors (Lipinski definition) is 2. The fraction of sp³-hybridized carbons (Fsp3) is 0.417. The van der Waals surface area contributed by atoms with Crippen molar-refractivity contribution in [2.45, 2.75) is 32.7 Å². The van der Waals surface area contributed by atoms with Gasteiger partial charge in [0.15, 0.2) is 0 Å². The van der Waals surface area contributed by atoms with Gasteiger partial charge >= 0.3 is 0 Å². The SMILES string of the molecule is Cc1ccc(N)c(C)c1CNC(=O)C(C)Cl. The van der Waals surface area contributed by atoms with Crippen LogP contribution in [-0.4, -0.2) is 11.3 Å². The molecule has 0 saturated heterocycles. The minimum Gasteiger partial charge on any atom is -0.399 e. The molecule has 1 aromatic carbocycles. The number of carbonyl (C=O) groups excluding carboxylic acids is 1. The fourth-order valence-corrected chi connectivity index (χ4v) is 1.58. The Bertz CT molecular complexity index is 402. The van der Waals surface area contributed by atoms with Gasteiger partial charge in [-0.3, -0.25) is 4.79 Å². The van der Waals surface area contributed by atoms with Crippen LogP contribution < -0.4 is 11.1 Å². The molecule has 0 heterocycles. The van der Waals surface area contributed by atoms with Crippen molar-refractivity contribution in [2.75, 3.05) is 5.73 Å². The molecular weight excluding hydrogens is 224 g/mol. The minimum absolute atomic E-state index is 0.164. The van der Waals surface area contributed by atoms with Crippen molar-refractivity contribution in [3.8, 4) is 0 Å². The van der Waals surface area contributed by atoms with Crippen LogP contribution in [0, 0.1) is 13.8 Å². The Kier molecular flexibility index (Phi) is 4.19. The van der Waals surface area contributed by atoms with E-state index in [2.05, 4.69) is 5.32 Å². The third kappa shape index (κ3) is 2.89. The number of benzene rings is 1. The van der Waals surface area contributed by atoms with Crippen LogP contribution in [0.15, 0.2) is 12.1 Å². The molecule has 4 heteroatoms. The number of amides is 1. The molecule has 1 atom stereocenters. The maximum atomic E-state index is 11.3. The second-order valence-electron chi connectivity index (χ2n) is 3.91. The van der Waals surface area contributed by atoms with E-state index in [1.807, 2.05) is 26.0 Å². The van der Waals surface area contributed by atoms with Crippen molar-refractivity contribution in [1.82, 2.24) is 5.32 Å². The Hall–Kier alpha value is -1.22. The summed E-state index contributed by atoms with van der Waals surface area (Å²) in [5, 5.41) is 2.27. The van der Waals surface area contributed by atoms with Crippen LogP contribution in [0.2, 0.25) is 0 Å². The Morgan fingerprint density at radius 2 is 2.12 bits per heavy atom. The highest BCUT2D eigenvalue weighted by Crippen LogP contribution is 2.19. The first-order valence-corrected chi connectivity index (χ1v) is 5.63. The predicted octanol–water partition coefficient (Wildman–Crippen LogP) is 2.13. The Morgan fingerprint density at radius 3 is 2.69 bits per heavy atom. The summed E-state index contributed by atoms with van der Waals surface area (Å²) >= 11 is 5.67. The number of nitrogens with one attached hydrogen (secondary N) is 1. The maximum Gasteiger partial charge on any atom is 0.238 e. The van der Waals surface area contributed by atoms with Gasteiger partial charge < -0.3 is 11.1 Å². The van der Waals surface area contributed by atoms with Gasteiger partial charge in [0.05, 0.1) is 0 Å². The number of nitrogens with two attached hydrogens (primary N) is 1. The molecule has 0 saturated carbocycles. The first-order valence-electron chi connectivity index (χ1n) is 5.19. The molecule has 0 spiro atoms. The molecule has 1 amide bonds. The predicted molar refractivity (Wildman–Crippen MR) is 67.5 cm³/mol. The van der Waals surface area contributed by atoms with Crippen LogP contribution in [-0.2, 0) is 11.3 Å². The first kappa shape index (κ1) is 12.8. The second kappa shape index (κ2) is 5.21. The first-order chi connectivity index (χ1) is 7.43. The molecule has 1 rings (SSSR count). The molecular formula is C12H17ClN2O.